The van der Waals surface area contributed by atoms with Gasteiger partial charge < -0.3 is 25.2 Å². The van der Waals surface area contributed by atoms with Crippen LogP contribution in [-0.2, 0) is 17.6 Å². The van der Waals surface area contributed by atoms with Gasteiger partial charge in [0.1, 0.15) is 17.6 Å². The fraction of sp³-hybridized carbons (Fsp3) is 0.435. The molecule has 3 N–H and O–H groups in total. The zero-order valence-electron chi connectivity index (χ0n) is 17.1. The maximum absolute atomic E-state index is 11.6. The summed E-state index contributed by atoms with van der Waals surface area (Å²) in [5.74, 6) is 1.22. The van der Waals surface area contributed by atoms with Gasteiger partial charge in [0.25, 0.3) is 0 Å². The highest BCUT2D eigenvalue weighted by Gasteiger charge is 2.24. The third-order valence-electron chi connectivity index (χ3n) is 5.20. The Morgan fingerprint density at radius 2 is 1.97 bits per heavy atom. The van der Waals surface area contributed by atoms with Crippen LogP contribution in [0.15, 0.2) is 48.5 Å². The van der Waals surface area contributed by atoms with Gasteiger partial charge in [0.2, 0.25) is 5.91 Å². The standard InChI is InChI=1S/C23H30N2O4/c1-16(26)25-23(29-20-9-4-3-5-10-20)22(27)15-24-19-8-6-7-17-11-12-21(28-2)14-18(17)13-19/h3-5,9-12,14,19,22-24,27H,6-8,13,15H2,1-2H3,(H,25,26)/t19?,22-,23?/m0/s1. The summed E-state index contributed by atoms with van der Waals surface area (Å²) in [5.41, 5.74) is 2.65. The third kappa shape index (κ3) is 6.21. The first-order valence-corrected chi connectivity index (χ1v) is 10.1. The number of rotatable bonds is 8. The van der Waals surface area contributed by atoms with Crippen molar-refractivity contribution in [3.63, 3.8) is 0 Å². The first kappa shape index (κ1) is 21.1. The minimum atomic E-state index is -0.882. The Hall–Kier alpha value is -2.57. The maximum atomic E-state index is 11.6. The normalized spacial score (nSPS) is 18.1. The number of aliphatic hydroxyl groups excluding tert-OH is 1. The molecular weight excluding hydrogens is 368 g/mol. The molecule has 0 spiro atoms. The number of nitrogens with one attached hydrogen (secondary N) is 2. The first-order chi connectivity index (χ1) is 14.0. The van der Waals surface area contributed by atoms with E-state index in [1.54, 1.807) is 19.2 Å². The number of aliphatic hydroxyl groups is 1. The Labute approximate surface area is 172 Å². The van der Waals surface area contributed by atoms with Crippen LogP contribution in [0.5, 0.6) is 11.5 Å². The van der Waals surface area contributed by atoms with Crippen molar-refractivity contribution in [3.05, 3.63) is 59.7 Å². The van der Waals surface area contributed by atoms with Crippen molar-refractivity contribution in [1.82, 2.24) is 10.6 Å². The van der Waals surface area contributed by atoms with Crippen LogP contribution in [-0.4, -0.2) is 43.0 Å². The molecule has 156 valence electrons. The van der Waals surface area contributed by atoms with E-state index in [1.165, 1.54) is 18.1 Å². The van der Waals surface area contributed by atoms with Crippen molar-refractivity contribution in [3.8, 4) is 11.5 Å². The Kier molecular flexibility index (Phi) is 7.49. The largest absolute Gasteiger partial charge is 0.497 e. The topological polar surface area (TPSA) is 79.8 Å². The molecule has 3 atom stereocenters. The third-order valence-corrected chi connectivity index (χ3v) is 5.20. The number of hydrogen-bond acceptors (Lipinski definition) is 5. The van der Waals surface area contributed by atoms with Gasteiger partial charge in [-0.1, -0.05) is 24.3 Å². The van der Waals surface area contributed by atoms with Gasteiger partial charge in [0, 0.05) is 19.5 Å². The zero-order valence-corrected chi connectivity index (χ0v) is 17.1. The molecule has 2 aromatic rings. The highest BCUT2D eigenvalue weighted by atomic mass is 16.5. The summed E-state index contributed by atoms with van der Waals surface area (Å²) >= 11 is 0. The van der Waals surface area contributed by atoms with Crippen LogP contribution < -0.4 is 20.1 Å². The van der Waals surface area contributed by atoms with Crippen molar-refractivity contribution >= 4 is 5.91 Å². The molecule has 0 aliphatic heterocycles. The van der Waals surface area contributed by atoms with Gasteiger partial charge in [-0.15, -0.1) is 0 Å². The molecular formula is C23H30N2O4. The number of hydrogen-bond donors (Lipinski definition) is 3. The number of aryl methyl sites for hydroxylation is 1. The molecule has 1 amide bonds. The Bertz CT molecular complexity index is 797. The van der Waals surface area contributed by atoms with E-state index in [-0.39, 0.29) is 11.9 Å². The van der Waals surface area contributed by atoms with Crippen molar-refractivity contribution in [2.24, 2.45) is 0 Å². The fourth-order valence-corrected chi connectivity index (χ4v) is 3.69. The molecule has 0 saturated carbocycles. The van der Waals surface area contributed by atoms with Crippen molar-refractivity contribution in [1.29, 1.82) is 0 Å². The second-order valence-electron chi connectivity index (χ2n) is 7.46. The molecule has 3 rings (SSSR count). The Morgan fingerprint density at radius 3 is 2.69 bits per heavy atom. The van der Waals surface area contributed by atoms with Crippen molar-refractivity contribution < 1.29 is 19.4 Å². The molecule has 0 fully saturated rings. The monoisotopic (exact) mass is 398 g/mol. The van der Waals surface area contributed by atoms with Gasteiger partial charge in [-0.25, -0.2) is 0 Å². The van der Waals surface area contributed by atoms with Gasteiger partial charge in [-0.3, -0.25) is 4.79 Å². The van der Waals surface area contributed by atoms with Gasteiger partial charge in [-0.05, 0) is 61.1 Å². The molecule has 6 heteroatoms. The van der Waals surface area contributed by atoms with Gasteiger partial charge in [-0.2, -0.15) is 0 Å². The van der Waals surface area contributed by atoms with E-state index in [1.807, 2.05) is 24.3 Å². The van der Waals surface area contributed by atoms with Gasteiger partial charge in [0.15, 0.2) is 6.23 Å². The first-order valence-electron chi connectivity index (χ1n) is 10.1. The molecule has 29 heavy (non-hydrogen) atoms. The second kappa shape index (κ2) is 10.3. The zero-order chi connectivity index (χ0) is 20.6. The van der Waals surface area contributed by atoms with Crippen LogP contribution in [0, 0.1) is 0 Å². The lowest BCUT2D eigenvalue weighted by molar-refractivity contribution is -0.123. The van der Waals surface area contributed by atoms with E-state index >= 15 is 0 Å². The van der Waals surface area contributed by atoms with Crippen molar-refractivity contribution in [2.45, 2.75) is 51.0 Å². The maximum Gasteiger partial charge on any atom is 0.219 e. The minimum Gasteiger partial charge on any atom is -0.497 e. The number of carbonyl (C=O) groups is 1. The van der Waals surface area contributed by atoms with Crippen LogP contribution in [0.25, 0.3) is 0 Å². The van der Waals surface area contributed by atoms with Gasteiger partial charge >= 0.3 is 0 Å². The summed E-state index contributed by atoms with van der Waals surface area (Å²) in [6, 6.07) is 15.7. The van der Waals surface area contributed by atoms with E-state index in [2.05, 4.69) is 22.8 Å². The lowest BCUT2D eigenvalue weighted by Crippen LogP contribution is -2.51. The number of benzene rings is 2. The van der Waals surface area contributed by atoms with Crippen LogP contribution in [0.3, 0.4) is 0 Å². The minimum absolute atomic E-state index is 0.243. The molecule has 0 radical (unpaired) electrons. The number of methoxy groups -OCH3 is 1. The molecule has 0 aromatic heterocycles. The van der Waals surface area contributed by atoms with E-state index in [0.29, 0.717) is 12.3 Å². The quantitative estimate of drug-likeness (QED) is 0.470. The predicted octanol–water partition coefficient (Wildman–Crippen LogP) is 2.43. The summed E-state index contributed by atoms with van der Waals surface area (Å²) in [4.78, 5) is 11.6. The fourth-order valence-electron chi connectivity index (χ4n) is 3.69. The van der Waals surface area contributed by atoms with Crippen LogP contribution in [0.1, 0.15) is 30.9 Å². The van der Waals surface area contributed by atoms with Crippen LogP contribution >= 0.6 is 0 Å². The summed E-state index contributed by atoms with van der Waals surface area (Å²) < 4.78 is 11.2. The summed E-state index contributed by atoms with van der Waals surface area (Å²) in [5, 5.41) is 16.8. The highest BCUT2D eigenvalue weighted by molar-refractivity contribution is 5.73. The average molecular weight is 399 g/mol. The highest BCUT2D eigenvalue weighted by Crippen LogP contribution is 2.25. The summed E-state index contributed by atoms with van der Waals surface area (Å²) in [7, 11) is 1.68. The smallest absolute Gasteiger partial charge is 0.219 e. The lowest BCUT2D eigenvalue weighted by Gasteiger charge is -2.27. The van der Waals surface area contributed by atoms with Crippen LogP contribution in [0.2, 0.25) is 0 Å². The number of fused-ring (bicyclic) bond motifs is 1. The summed E-state index contributed by atoms with van der Waals surface area (Å²) in [6.45, 7) is 1.73. The van der Waals surface area contributed by atoms with Crippen molar-refractivity contribution in [2.75, 3.05) is 13.7 Å². The SMILES string of the molecule is COc1ccc2c(c1)CC(NC[C@H](O)C(NC(C)=O)Oc1ccccc1)CCC2. The van der Waals surface area contributed by atoms with E-state index < -0.39 is 12.3 Å². The number of amides is 1. The van der Waals surface area contributed by atoms with E-state index in [0.717, 1.165) is 31.4 Å². The van der Waals surface area contributed by atoms with Gasteiger partial charge in [0.05, 0.1) is 7.11 Å². The average Bonchev–Trinajstić information content (AvgIpc) is 2.93. The molecule has 0 saturated heterocycles. The Morgan fingerprint density at radius 1 is 1.17 bits per heavy atom. The summed E-state index contributed by atoms with van der Waals surface area (Å²) in [6.07, 6.45) is 2.33. The molecule has 6 nitrogen and oxygen atoms in total. The lowest BCUT2D eigenvalue weighted by atomic mass is 10.0. The molecule has 1 aliphatic rings. The van der Waals surface area contributed by atoms with E-state index in [4.69, 9.17) is 9.47 Å². The van der Waals surface area contributed by atoms with Crippen LogP contribution in [0.4, 0.5) is 0 Å². The molecule has 1 aliphatic carbocycles. The predicted molar refractivity (Wildman–Crippen MR) is 112 cm³/mol. The number of carbonyl (C=O) groups excluding carboxylic acids is 1. The number of ether oxygens (including phenoxy) is 2. The Balaban J connectivity index is 1.60. The molecule has 2 aromatic carbocycles. The number of para-hydroxylation sites is 1. The molecule has 2 unspecified atom stereocenters. The second-order valence-corrected chi connectivity index (χ2v) is 7.46. The molecule has 0 heterocycles. The molecule has 0 bridgehead atoms. The van der Waals surface area contributed by atoms with E-state index in [9.17, 15) is 9.90 Å².